The minimum absolute atomic E-state index is 0.789. The first-order chi connectivity index (χ1) is 5.31. The van der Waals surface area contributed by atoms with Crippen molar-refractivity contribution in [1.29, 1.82) is 0 Å². The van der Waals surface area contributed by atoms with E-state index < -0.39 is 0 Å². The van der Waals surface area contributed by atoms with Gasteiger partial charge in [-0.15, -0.1) is 0 Å². The Morgan fingerprint density at radius 3 is 2.45 bits per heavy atom. The number of hydrogen-bond donors (Lipinski definition) is 0. The second-order valence-electron chi connectivity index (χ2n) is 3.34. The lowest BCUT2D eigenvalue weighted by Gasteiger charge is -2.01. The lowest BCUT2D eigenvalue weighted by molar-refractivity contribution is 0.631. The van der Waals surface area contributed by atoms with Crippen LogP contribution in [0.1, 0.15) is 52.9 Å². The molecule has 0 aromatic rings. The standard InChI is InChI=1S/C11H22/c1-4-6-7-8-10-11(3)9-5-2/h8,10-11H,4-7,9H2,1-3H3/b10-8+. The molecule has 0 heterocycles. The van der Waals surface area contributed by atoms with Crippen LogP contribution in [0.15, 0.2) is 12.2 Å². The van der Waals surface area contributed by atoms with Gasteiger partial charge in [-0.2, -0.15) is 0 Å². The Labute approximate surface area is 71.7 Å². The van der Waals surface area contributed by atoms with Gasteiger partial charge in [0.2, 0.25) is 0 Å². The van der Waals surface area contributed by atoms with Crippen molar-refractivity contribution in [3.05, 3.63) is 12.2 Å². The number of allylic oxidation sites excluding steroid dienone is 2. The normalized spacial score (nSPS) is 14.1. The highest BCUT2D eigenvalue weighted by atomic mass is 14.0. The summed E-state index contributed by atoms with van der Waals surface area (Å²) in [5.41, 5.74) is 0. The summed E-state index contributed by atoms with van der Waals surface area (Å²) in [6.45, 7) is 6.78. The van der Waals surface area contributed by atoms with Crippen LogP contribution < -0.4 is 0 Å². The van der Waals surface area contributed by atoms with E-state index >= 15 is 0 Å². The summed E-state index contributed by atoms with van der Waals surface area (Å²) in [5, 5.41) is 0. The number of unbranched alkanes of at least 4 members (excludes halogenated alkanes) is 2. The van der Waals surface area contributed by atoms with E-state index in [1.54, 1.807) is 0 Å². The Kier molecular flexibility index (Phi) is 7.66. The van der Waals surface area contributed by atoms with Gasteiger partial charge in [0.1, 0.15) is 0 Å². The summed E-state index contributed by atoms with van der Waals surface area (Å²) in [6, 6.07) is 0. The van der Waals surface area contributed by atoms with Crippen LogP contribution in [0, 0.1) is 5.92 Å². The molecule has 0 bridgehead atoms. The molecular weight excluding hydrogens is 132 g/mol. The Bertz CT molecular complexity index is 92.2. The van der Waals surface area contributed by atoms with Crippen LogP contribution in [-0.4, -0.2) is 0 Å². The van der Waals surface area contributed by atoms with Crippen molar-refractivity contribution in [2.75, 3.05) is 0 Å². The Hall–Kier alpha value is -0.260. The smallest absolute Gasteiger partial charge is 0.0262 e. The Morgan fingerprint density at radius 1 is 1.18 bits per heavy atom. The average Bonchev–Trinajstić information content (AvgIpc) is 1.99. The minimum Gasteiger partial charge on any atom is -0.0883 e. The molecule has 0 saturated carbocycles. The molecule has 0 aliphatic carbocycles. The third kappa shape index (κ3) is 7.64. The van der Waals surface area contributed by atoms with E-state index in [4.69, 9.17) is 0 Å². The average molecular weight is 154 g/mol. The van der Waals surface area contributed by atoms with Gasteiger partial charge in [0.15, 0.2) is 0 Å². The maximum Gasteiger partial charge on any atom is -0.0262 e. The second kappa shape index (κ2) is 7.84. The molecule has 1 atom stereocenters. The fraction of sp³-hybridized carbons (Fsp3) is 0.818. The summed E-state index contributed by atoms with van der Waals surface area (Å²) in [6.07, 6.45) is 11.3. The molecular formula is C11H22. The molecule has 0 radical (unpaired) electrons. The molecule has 0 fully saturated rings. The van der Waals surface area contributed by atoms with Crippen molar-refractivity contribution in [3.63, 3.8) is 0 Å². The van der Waals surface area contributed by atoms with Gasteiger partial charge in [-0.25, -0.2) is 0 Å². The zero-order valence-electron chi connectivity index (χ0n) is 8.27. The second-order valence-corrected chi connectivity index (χ2v) is 3.34. The highest BCUT2D eigenvalue weighted by Gasteiger charge is 1.92. The molecule has 0 amide bonds. The Morgan fingerprint density at radius 2 is 1.91 bits per heavy atom. The minimum atomic E-state index is 0.789. The molecule has 0 rings (SSSR count). The van der Waals surface area contributed by atoms with Crippen molar-refractivity contribution in [3.8, 4) is 0 Å². The van der Waals surface area contributed by atoms with Gasteiger partial charge in [0, 0.05) is 0 Å². The Balaban J connectivity index is 3.24. The number of hydrogen-bond acceptors (Lipinski definition) is 0. The molecule has 0 nitrogen and oxygen atoms in total. The molecule has 0 spiro atoms. The summed E-state index contributed by atoms with van der Waals surface area (Å²) < 4.78 is 0. The van der Waals surface area contributed by atoms with Gasteiger partial charge in [-0.05, 0) is 18.8 Å². The van der Waals surface area contributed by atoms with E-state index in [0.29, 0.717) is 0 Å². The molecule has 11 heavy (non-hydrogen) atoms. The van der Waals surface area contributed by atoms with Gasteiger partial charge < -0.3 is 0 Å². The van der Waals surface area contributed by atoms with E-state index in [1.807, 2.05) is 0 Å². The van der Waals surface area contributed by atoms with Gasteiger partial charge in [-0.3, -0.25) is 0 Å². The molecule has 0 aliphatic rings. The lowest BCUT2D eigenvalue weighted by atomic mass is 10.1. The molecule has 0 N–H and O–H groups in total. The third-order valence-electron chi connectivity index (χ3n) is 1.93. The maximum absolute atomic E-state index is 2.36. The van der Waals surface area contributed by atoms with E-state index in [2.05, 4.69) is 32.9 Å². The van der Waals surface area contributed by atoms with Gasteiger partial charge in [-0.1, -0.05) is 52.2 Å². The first kappa shape index (κ1) is 10.7. The van der Waals surface area contributed by atoms with Crippen molar-refractivity contribution >= 4 is 0 Å². The van der Waals surface area contributed by atoms with Gasteiger partial charge in [0.25, 0.3) is 0 Å². The maximum atomic E-state index is 2.36. The molecule has 1 unspecified atom stereocenters. The van der Waals surface area contributed by atoms with E-state index in [1.165, 1.54) is 32.1 Å². The third-order valence-corrected chi connectivity index (χ3v) is 1.93. The largest absolute Gasteiger partial charge is 0.0883 e. The van der Waals surface area contributed by atoms with Crippen LogP contribution in [0.5, 0.6) is 0 Å². The van der Waals surface area contributed by atoms with Crippen LogP contribution in [0.2, 0.25) is 0 Å². The summed E-state index contributed by atoms with van der Waals surface area (Å²) >= 11 is 0. The fourth-order valence-corrected chi connectivity index (χ4v) is 1.20. The van der Waals surface area contributed by atoms with Crippen LogP contribution in [-0.2, 0) is 0 Å². The molecule has 0 heteroatoms. The van der Waals surface area contributed by atoms with Crippen molar-refractivity contribution in [2.24, 2.45) is 5.92 Å². The van der Waals surface area contributed by atoms with Crippen molar-refractivity contribution in [2.45, 2.75) is 52.9 Å². The van der Waals surface area contributed by atoms with Crippen LogP contribution >= 0.6 is 0 Å². The summed E-state index contributed by atoms with van der Waals surface area (Å²) in [4.78, 5) is 0. The van der Waals surface area contributed by atoms with E-state index in [9.17, 15) is 0 Å². The zero-order valence-corrected chi connectivity index (χ0v) is 8.27. The van der Waals surface area contributed by atoms with Crippen LogP contribution in [0.25, 0.3) is 0 Å². The lowest BCUT2D eigenvalue weighted by Crippen LogP contribution is -1.86. The van der Waals surface area contributed by atoms with Crippen molar-refractivity contribution < 1.29 is 0 Å². The van der Waals surface area contributed by atoms with E-state index in [-0.39, 0.29) is 0 Å². The monoisotopic (exact) mass is 154 g/mol. The number of rotatable bonds is 6. The highest BCUT2D eigenvalue weighted by Crippen LogP contribution is 2.07. The first-order valence-electron chi connectivity index (χ1n) is 4.97. The molecule has 0 saturated heterocycles. The predicted molar refractivity (Wildman–Crippen MR) is 52.7 cm³/mol. The van der Waals surface area contributed by atoms with E-state index in [0.717, 1.165) is 5.92 Å². The van der Waals surface area contributed by atoms with Crippen LogP contribution in [0.3, 0.4) is 0 Å². The summed E-state index contributed by atoms with van der Waals surface area (Å²) in [7, 11) is 0. The van der Waals surface area contributed by atoms with Crippen LogP contribution in [0.4, 0.5) is 0 Å². The molecule has 0 aromatic heterocycles. The molecule has 0 aromatic carbocycles. The molecule has 0 aliphatic heterocycles. The topological polar surface area (TPSA) is 0 Å². The fourth-order valence-electron chi connectivity index (χ4n) is 1.20. The first-order valence-corrected chi connectivity index (χ1v) is 4.97. The van der Waals surface area contributed by atoms with Crippen molar-refractivity contribution in [1.82, 2.24) is 0 Å². The van der Waals surface area contributed by atoms with Gasteiger partial charge in [0.05, 0.1) is 0 Å². The highest BCUT2D eigenvalue weighted by molar-refractivity contribution is 4.85. The quantitative estimate of drug-likeness (QED) is 0.398. The summed E-state index contributed by atoms with van der Waals surface area (Å²) in [5.74, 6) is 0.789. The van der Waals surface area contributed by atoms with Gasteiger partial charge >= 0.3 is 0 Å². The molecule has 66 valence electrons. The SMILES string of the molecule is CCCC/C=C/C(C)CCC. The predicted octanol–water partition coefficient (Wildman–Crippen LogP) is 4.17. The zero-order chi connectivity index (χ0) is 8.53.